The van der Waals surface area contributed by atoms with Crippen LogP contribution in [0.25, 0.3) is 11.2 Å². The topological polar surface area (TPSA) is 172 Å². The lowest BCUT2D eigenvalue weighted by Crippen LogP contribution is -2.33. The van der Waals surface area contributed by atoms with Gasteiger partial charge in [-0.25, -0.2) is 19.5 Å². The monoisotopic (exact) mass is 415 g/mol. The number of phosphoric acid groups is 1. The Morgan fingerprint density at radius 3 is 2.75 bits per heavy atom. The first kappa shape index (κ1) is 20.8. The minimum atomic E-state index is -4.73. The molecule has 0 amide bonds. The van der Waals surface area contributed by atoms with Crippen molar-refractivity contribution in [1.82, 2.24) is 19.5 Å². The second-order valence-electron chi connectivity index (χ2n) is 6.54. The van der Waals surface area contributed by atoms with Crippen LogP contribution < -0.4 is 5.32 Å². The molecule has 0 unspecified atom stereocenters. The van der Waals surface area contributed by atoms with Crippen LogP contribution in [0, 0.1) is 0 Å². The van der Waals surface area contributed by atoms with Crippen molar-refractivity contribution in [2.24, 2.45) is 0 Å². The molecule has 2 aromatic rings. The molecule has 0 aromatic carbocycles. The normalized spacial score (nSPS) is 25.2. The van der Waals surface area contributed by atoms with E-state index in [9.17, 15) is 14.8 Å². The fraction of sp³-hybridized carbons (Fsp3) is 0.533. The largest absolute Gasteiger partial charge is 0.469 e. The van der Waals surface area contributed by atoms with Gasteiger partial charge in [-0.3, -0.25) is 9.09 Å². The lowest BCUT2D eigenvalue weighted by atomic mass is 10.1. The highest BCUT2D eigenvalue weighted by Crippen LogP contribution is 2.38. The Bertz CT molecular complexity index is 909. The van der Waals surface area contributed by atoms with Gasteiger partial charge in [0.2, 0.25) is 0 Å². The summed E-state index contributed by atoms with van der Waals surface area (Å²) >= 11 is 0. The van der Waals surface area contributed by atoms with Gasteiger partial charge in [0.1, 0.15) is 24.6 Å². The SMILES string of the molecule is CC(C)=CCNc1ncnc2c1ncn2[C@@H]1O[C@@H](COP(=O)(O)O)[C@@H](O)[C@H]1O. The van der Waals surface area contributed by atoms with Gasteiger partial charge in [0.25, 0.3) is 0 Å². The number of aliphatic hydroxyl groups is 2. The van der Waals surface area contributed by atoms with E-state index in [0.717, 1.165) is 5.57 Å². The predicted molar refractivity (Wildman–Crippen MR) is 97.2 cm³/mol. The van der Waals surface area contributed by atoms with Crippen LogP contribution in [-0.2, 0) is 13.8 Å². The smallest absolute Gasteiger partial charge is 0.387 e. The number of ether oxygens (including phenoxy) is 1. The summed E-state index contributed by atoms with van der Waals surface area (Å²) in [6.45, 7) is 3.91. The van der Waals surface area contributed by atoms with Crippen LogP contribution in [-0.4, -0.2) is 71.0 Å². The van der Waals surface area contributed by atoms with Crippen LogP contribution in [0.15, 0.2) is 24.3 Å². The highest BCUT2D eigenvalue weighted by Gasteiger charge is 2.45. The lowest BCUT2D eigenvalue weighted by Gasteiger charge is -2.16. The zero-order valence-electron chi connectivity index (χ0n) is 15.2. The number of imidazole rings is 1. The van der Waals surface area contributed by atoms with E-state index >= 15 is 0 Å². The van der Waals surface area contributed by atoms with Crippen molar-refractivity contribution >= 4 is 24.8 Å². The number of nitrogens with zero attached hydrogens (tertiary/aromatic N) is 4. The summed E-state index contributed by atoms with van der Waals surface area (Å²) in [5.74, 6) is 0.496. The Balaban J connectivity index is 1.81. The molecule has 0 bridgehead atoms. The summed E-state index contributed by atoms with van der Waals surface area (Å²) in [6.07, 6.45) is -0.286. The number of hydrogen-bond acceptors (Lipinski definition) is 9. The Morgan fingerprint density at radius 2 is 2.07 bits per heavy atom. The summed E-state index contributed by atoms with van der Waals surface area (Å²) < 4.78 is 22.2. The molecule has 3 heterocycles. The molecule has 0 spiro atoms. The third kappa shape index (κ3) is 4.55. The molecule has 12 nitrogen and oxygen atoms in total. The first-order chi connectivity index (χ1) is 13.2. The molecule has 3 rings (SSSR count). The molecule has 0 radical (unpaired) electrons. The molecular weight excluding hydrogens is 393 g/mol. The number of rotatable bonds is 7. The predicted octanol–water partition coefficient (Wildman–Crippen LogP) is -0.0671. The maximum Gasteiger partial charge on any atom is 0.469 e. The summed E-state index contributed by atoms with van der Waals surface area (Å²) in [4.78, 5) is 30.2. The van der Waals surface area contributed by atoms with Crippen molar-refractivity contribution in [3.05, 3.63) is 24.3 Å². The van der Waals surface area contributed by atoms with Crippen LogP contribution in [0.2, 0.25) is 0 Å². The number of hydrogen-bond donors (Lipinski definition) is 5. The lowest BCUT2D eigenvalue weighted by molar-refractivity contribution is -0.0504. The molecule has 154 valence electrons. The van der Waals surface area contributed by atoms with Crippen molar-refractivity contribution in [2.45, 2.75) is 38.4 Å². The fourth-order valence-electron chi connectivity index (χ4n) is 2.79. The Hall–Kier alpha value is -1.92. The summed E-state index contributed by atoms with van der Waals surface area (Å²) in [6, 6.07) is 0. The zero-order valence-corrected chi connectivity index (χ0v) is 16.1. The molecule has 1 fully saturated rings. The zero-order chi connectivity index (χ0) is 20.5. The second kappa shape index (κ2) is 8.21. The molecule has 1 aliphatic rings. The number of aliphatic hydroxyl groups excluding tert-OH is 2. The number of anilines is 1. The number of allylic oxidation sites excluding steroid dienone is 1. The average Bonchev–Trinajstić information content (AvgIpc) is 3.15. The first-order valence-electron chi connectivity index (χ1n) is 8.44. The van der Waals surface area contributed by atoms with Crippen LogP contribution in [0.5, 0.6) is 0 Å². The fourth-order valence-corrected chi connectivity index (χ4v) is 3.13. The number of fused-ring (bicyclic) bond motifs is 1. The van der Waals surface area contributed by atoms with E-state index in [0.29, 0.717) is 23.5 Å². The van der Waals surface area contributed by atoms with Gasteiger partial charge >= 0.3 is 7.82 Å². The van der Waals surface area contributed by atoms with Crippen LogP contribution in [0.4, 0.5) is 5.82 Å². The average molecular weight is 415 g/mol. The van der Waals surface area contributed by atoms with Crippen molar-refractivity contribution in [3.63, 3.8) is 0 Å². The molecule has 1 saturated heterocycles. The standard InChI is InChI=1S/C15H22N5O7P/c1-8(2)3-4-16-13-10-14(18-6-17-13)20(7-19-10)15-12(22)11(21)9(27-15)5-26-28(23,24)25/h3,6-7,9,11-12,15,21-22H,4-5H2,1-2H3,(H,16,17,18)(H2,23,24,25)/t9-,11+,12+,15+/m0/s1. The number of phosphoric ester groups is 1. The third-order valence-corrected chi connectivity index (χ3v) is 4.64. The van der Waals surface area contributed by atoms with Gasteiger partial charge in [0.15, 0.2) is 23.2 Å². The van der Waals surface area contributed by atoms with E-state index < -0.39 is 39.0 Å². The second-order valence-corrected chi connectivity index (χ2v) is 7.78. The summed E-state index contributed by atoms with van der Waals surface area (Å²) in [5.41, 5.74) is 1.95. The van der Waals surface area contributed by atoms with E-state index in [-0.39, 0.29) is 0 Å². The van der Waals surface area contributed by atoms with Crippen molar-refractivity contribution in [3.8, 4) is 0 Å². The highest BCUT2D eigenvalue weighted by molar-refractivity contribution is 7.46. The molecule has 4 atom stereocenters. The van der Waals surface area contributed by atoms with Gasteiger partial charge in [-0.2, -0.15) is 0 Å². The quantitative estimate of drug-likeness (QED) is 0.303. The molecule has 28 heavy (non-hydrogen) atoms. The molecular formula is C15H22N5O7P. The Kier molecular flexibility index (Phi) is 6.10. The van der Waals surface area contributed by atoms with Crippen LogP contribution in [0.3, 0.4) is 0 Å². The first-order valence-corrected chi connectivity index (χ1v) is 9.97. The van der Waals surface area contributed by atoms with Gasteiger partial charge in [0.05, 0.1) is 12.9 Å². The van der Waals surface area contributed by atoms with Gasteiger partial charge in [0, 0.05) is 6.54 Å². The van der Waals surface area contributed by atoms with Crippen LogP contribution in [0.1, 0.15) is 20.1 Å². The minimum absolute atomic E-state index is 0.363. The third-order valence-electron chi connectivity index (χ3n) is 4.16. The molecule has 0 saturated carbocycles. The molecule has 2 aromatic heterocycles. The van der Waals surface area contributed by atoms with Crippen LogP contribution >= 0.6 is 7.82 Å². The Morgan fingerprint density at radius 1 is 1.32 bits per heavy atom. The van der Waals surface area contributed by atoms with E-state index in [1.165, 1.54) is 17.2 Å². The van der Waals surface area contributed by atoms with Crippen molar-refractivity contribution in [2.75, 3.05) is 18.5 Å². The minimum Gasteiger partial charge on any atom is -0.387 e. The van der Waals surface area contributed by atoms with Gasteiger partial charge < -0.3 is 30.1 Å². The van der Waals surface area contributed by atoms with Gasteiger partial charge in [-0.05, 0) is 13.8 Å². The Labute approximate surface area is 160 Å². The maximum absolute atomic E-state index is 10.9. The molecule has 13 heteroatoms. The maximum atomic E-state index is 10.9. The van der Waals surface area contributed by atoms with Crippen molar-refractivity contribution < 1.29 is 33.8 Å². The van der Waals surface area contributed by atoms with Crippen molar-refractivity contribution in [1.29, 1.82) is 0 Å². The number of nitrogens with one attached hydrogen (secondary N) is 1. The van der Waals surface area contributed by atoms with Gasteiger partial charge in [-0.1, -0.05) is 11.6 Å². The molecule has 1 aliphatic heterocycles. The van der Waals surface area contributed by atoms with E-state index in [1.54, 1.807) is 0 Å². The molecule has 0 aliphatic carbocycles. The summed E-state index contributed by atoms with van der Waals surface area (Å²) in [5, 5.41) is 23.6. The van der Waals surface area contributed by atoms with E-state index in [4.69, 9.17) is 14.5 Å². The summed E-state index contributed by atoms with van der Waals surface area (Å²) in [7, 11) is -4.73. The van der Waals surface area contributed by atoms with E-state index in [2.05, 4.69) is 24.8 Å². The highest BCUT2D eigenvalue weighted by atomic mass is 31.2. The number of aromatic nitrogens is 4. The molecule has 5 N–H and O–H groups in total. The van der Waals surface area contributed by atoms with Gasteiger partial charge in [-0.15, -0.1) is 0 Å². The van der Waals surface area contributed by atoms with E-state index in [1.807, 2.05) is 19.9 Å².